The number of rotatable bonds is 5. The molecule has 9 heteroatoms. The Morgan fingerprint density at radius 2 is 2.14 bits per heavy atom. The Morgan fingerprint density at radius 1 is 1.38 bits per heavy atom. The second-order valence-corrected chi connectivity index (χ2v) is 6.71. The van der Waals surface area contributed by atoms with Gasteiger partial charge in [-0.15, -0.1) is 11.3 Å². The highest BCUT2D eigenvalue weighted by Gasteiger charge is 2.19. The van der Waals surface area contributed by atoms with Gasteiger partial charge in [0.15, 0.2) is 0 Å². The van der Waals surface area contributed by atoms with E-state index < -0.39 is 14.9 Å². The molecule has 0 aliphatic heterocycles. The van der Waals surface area contributed by atoms with E-state index in [2.05, 4.69) is 5.10 Å². The first-order valence-electron chi connectivity index (χ1n) is 5.73. The minimum atomic E-state index is -3.93. The molecular weight excluding hydrogens is 314 g/mol. The van der Waals surface area contributed by atoms with Crippen LogP contribution in [0.1, 0.15) is 10.4 Å². The Hall–Kier alpha value is -2.26. The summed E-state index contributed by atoms with van der Waals surface area (Å²) in [6.07, 6.45) is 1.37. The van der Waals surface area contributed by atoms with Crippen molar-refractivity contribution in [2.75, 3.05) is 0 Å². The van der Waals surface area contributed by atoms with Gasteiger partial charge >= 0.3 is 0 Å². The van der Waals surface area contributed by atoms with Crippen molar-refractivity contribution in [3.63, 3.8) is 0 Å². The van der Waals surface area contributed by atoms with Gasteiger partial charge in [-0.05, 0) is 24.4 Å². The zero-order chi connectivity index (χ0) is 15.5. The third kappa shape index (κ3) is 3.64. The molecule has 0 saturated carbocycles. The first-order valence-corrected chi connectivity index (χ1v) is 8.10. The number of thiophene rings is 1. The van der Waals surface area contributed by atoms with Gasteiger partial charge in [0, 0.05) is 16.5 Å². The minimum absolute atomic E-state index is 0.205. The fourth-order valence-electron chi connectivity index (χ4n) is 1.53. The van der Waals surface area contributed by atoms with Crippen molar-refractivity contribution in [2.24, 2.45) is 5.10 Å². The summed E-state index contributed by atoms with van der Waals surface area (Å²) in [6, 6.07) is 7.28. The molecule has 0 aliphatic rings. The summed E-state index contributed by atoms with van der Waals surface area (Å²) < 4.78 is 24.0. The fourth-order valence-corrected chi connectivity index (χ4v) is 2.93. The van der Waals surface area contributed by atoms with E-state index in [9.17, 15) is 18.5 Å². The summed E-state index contributed by atoms with van der Waals surface area (Å²) in [5, 5.41) is 16.3. The molecule has 7 nitrogen and oxygen atoms in total. The molecule has 0 fully saturated rings. The van der Waals surface area contributed by atoms with Crippen molar-refractivity contribution in [3.8, 4) is 0 Å². The van der Waals surface area contributed by atoms with E-state index in [1.165, 1.54) is 36.6 Å². The predicted molar refractivity (Wildman–Crippen MR) is 80.1 cm³/mol. The number of sulfonamides is 1. The number of hydrogen-bond donors (Lipinski definition) is 1. The van der Waals surface area contributed by atoms with Crippen LogP contribution in [0.25, 0.3) is 0 Å². The lowest BCUT2D eigenvalue weighted by atomic mass is 10.2. The molecule has 0 spiro atoms. The van der Waals surface area contributed by atoms with Crippen molar-refractivity contribution in [1.29, 1.82) is 0 Å². The van der Waals surface area contributed by atoms with E-state index in [4.69, 9.17) is 0 Å². The summed E-state index contributed by atoms with van der Waals surface area (Å²) in [5.74, 6) is 0. The maximum atomic E-state index is 12.0. The highest BCUT2D eigenvalue weighted by Crippen LogP contribution is 2.21. The van der Waals surface area contributed by atoms with Gasteiger partial charge in [0.05, 0.1) is 16.0 Å². The van der Waals surface area contributed by atoms with Crippen molar-refractivity contribution in [2.45, 2.75) is 11.8 Å². The highest BCUT2D eigenvalue weighted by molar-refractivity contribution is 7.89. The van der Waals surface area contributed by atoms with Crippen molar-refractivity contribution < 1.29 is 13.3 Å². The average molecular weight is 325 g/mol. The largest absolute Gasteiger partial charge is 0.276 e. The molecule has 2 rings (SSSR count). The van der Waals surface area contributed by atoms with Crippen molar-refractivity contribution >= 4 is 33.3 Å². The quantitative estimate of drug-likeness (QED) is 0.517. The van der Waals surface area contributed by atoms with E-state index >= 15 is 0 Å². The monoisotopic (exact) mass is 325 g/mol. The molecule has 0 unspecified atom stereocenters. The van der Waals surface area contributed by atoms with Crippen LogP contribution in [0.15, 0.2) is 45.7 Å². The molecule has 2 aromatic rings. The molecule has 0 radical (unpaired) electrons. The van der Waals surface area contributed by atoms with Crippen LogP contribution in [0.3, 0.4) is 0 Å². The lowest BCUT2D eigenvalue weighted by molar-refractivity contribution is -0.385. The number of aryl methyl sites for hydroxylation is 1. The molecule has 0 atom stereocenters. The number of hydrogen-bond acceptors (Lipinski definition) is 6. The number of nitro benzene ring substituents is 1. The zero-order valence-corrected chi connectivity index (χ0v) is 12.5. The number of nitrogens with one attached hydrogen (secondary N) is 1. The fraction of sp³-hybridized carbons (Fsp3) is 0.0833. The Morgan fingerprint density at radius 3 is 2.76 bits per heavy atom. The van der Waals surface area contributed by atoms with Crippen molar-refractivity contribution in [3.05, 3.63) is 56.3 Å². The first-order chi connectivity index (χ1) is 9.90. The predicted octanol–water partition coefficient (Wildman–Crippen LogP) is 2.28. The van der Waals surface area contributed by atoms with Gasteiger partial charge in [-0.2, -0.15) is 13.5 Å². The van der Waals surface area contributed by atoms with E-state index in [0.717, 1.165) is 10.9 Å². The number of nitrogens with zero attached hydrogens (tertiary/aromatic N) is 2. The van der Waals surface area contributed by atoms with Gasteiger partial charge in [0.25, 0.3) is 15.7 Å². The van der Waals surface area contributed by atoms with Crippen LogP contribution >= 0.6 is 11.3 Å². The summed E-state index contributed by atoms with van der Waals surface area (Å²) in [7, 11) is -3.93. The maximum absolute atomic E-state index is 12.0. The molecule has 0 aliphatic carbocycles. The number of benzene rings is 1. The molecule has 0 bridgehead atoms. The Bertz CT molecular complexity index is 783. The van der Waals surface area contributed by atoms with Crippen molar-refractivity contribution in [1.82, 2.24) is 4.83 Å². The second-order valence-electron chi connectivity index (χ2n) is 4.07. The SMILES string of the molecule is Cc1ccc(S(=O)(=O)N/N=C\c2cccs2)cc1[N+](=O)[O-]. The Balaban J connectivity index is 2.23. The second kappa shape index (κ2) is 6.02. The van der Waals surface area contributed by atoms with E-state index in [1.807, 2.05) is 16.3 Å². The van der Waals surface area contributed by atoms with Gasteiger partial charge in [-0.1, -0.05) is 12.1 Å². The Kier molecular flexibility index (Phi) is 4.34. The van der Waals surface area contributed by atoms with Crippen LogP contribution in [-0.2, 0) is 10.0 Å². The van der Waals surface area contributed by atoms with Gasteiger partial charge in [0.1, 0.15) is 0 Å². The lowest BCUT2D eigenvalue weighted by Gasteiger charge is -2.04. The highest BCUT2D eigenvalue weighted by atomic mass is 32.2. The smallest absolute Gasteiger partial charge is 0.258 e. The van der Waals surface area contributed by atoms with Gasteiger partial charge in [0.2, 0.25) is 0 Å². The number of nitro groups is 1. The third-order valence-corrected chi connectivity index (χ3v) is 4.62. The normalized spacial score (nSPS) is 11.7. The third-order valence-electron chi connectivity index (χ3n) is 2.60. The van der Waals surface area contributed by atoms with Crippen LogP contribution in [0.4, 0.5) is 5.69 Å². The van der Waals surface area contributed by atoms with Crippen LogP contribution in [0.2, 0.25) is 0 Å². The first kappa shape index (κ1) is 15.1. The zero-order valence-electron chi connectivity index (χ0n) is 10.9. The molecule has 110 valence electrons. The molecule has 0 amide bonds. The van der Waals surface area contributed by atoms with E-state index in [0.29, 0.717) is 5.56 Å². The van der Waals surface area contributed by atoms with Gasteiger partial charge in [-0.25, -0.2) is 4.83 Å². The van der Waals surface area contributed by atoms with Crippen LogP contribution in [0, 0.1) is 17.0 Å². The van der Waals surface area contributed by atoms with E-state index in [-0.39, 0.29) is 10.6 Å². The lowest BCUT2D eigenvalue weighted by Crippen LogP contribution is -2.18. The molecule has 1 aromatic heterocycles. The molecule has 1 heterocycles. The Labute approximate surface area is 125 Å². The number of hydrazone groups is 1. The molecule has 21 heavy (non-hydrogen) atoms. The average Bonchev–Trinajstić information content (AvgIpc) is 2.91. The van der Waals surface area contributed by atoms with Gasteiger partial charge in [-0.3, -0.25) is 10.1 Å². The maximum Gasteiger partial charge on any atom is 0.276 e. The van der Waals surface area contributed by atoms with Gasteiger partial charge < -0.3 is 0 Å². The summed E-state index contributed by atoms with van der Waals surface area (Å²) >= 11 is 1.40. The minimum Gasteiger partial charge on any atom is -0.258 e. The van der Waals surface area contributed by atoms with Crippen LogP contribution in [0.5, 0.6) is 0 Å². The van der Waals surface area contributed by atoms with Crippen LogP contribution in [-0.4, -0.2) is 19.6 Å². The summed E-state index contributed by atoms with van der Waals surface area (Å²) in [6.45, 7) is 1.54. The molecule has 0 saturated heterocycles. The summed E-state index contributed by atoms with van der Waals surface area (Å²) in [4.78, 5) is 12.8. The van der Waals surface area contributed by atoms with Crippen LogP contribution < -0.4 is 4.83 Å². The summed E-state index contributed by atoms with van der Waals surface area (Å²) in [5.41, 5.74) is 0.140. The standard InChI is InChI=1S/C12H11N3O4S2/c1-9-4-5-11(7-12(9)15(16)17)21(18,19)14-13-8-10-3-2-6-20-10/h2-8,14H,1H3/b13-8-. The molecule has 1 N–H and O–H groups in total. The van der Waals surface area contributed by atoms with E-state index in [1.54, 1.807) is 6.07 Å². The molecular formula is C12H11N3O4S2. The molecule has 1 aromatic carbocycles. The topological polar surface area (TPSA) is 102 Å².